The molecule has 0 aliphatic rings. The van der Waals surface area contributed by atoms with Crippen molar-refractivity contribution in [2.24, 2.45) is 0 Å². The molecule has 3 rings (SSSR count). The highest BCUT2D eigenvalue weighted by atomic mass is 35.5. The zero-order valence-corrected chi connectivity index (χ0v) is 12.6. The predicted molar refractivity (Wildman–Crippen MR) is 86.8 cm³/mol. The van der Waals surface area contributed by atoms with Crippen LogP contribution < -0.4 is 5.32 Å². The Bertz CT molecular complexity index is 818. The average molecular weight is 328 g/mol. The molecule has 3 aromatic rings. The van der Waals surface area contributed by atoms with Crippen LogP contribution in [0.2, 0.25) is 5.02 Å². The van der Waals surface area contributed by atoms with Gasteiger partial charge in [-0.1, -0.05) is 11.6 Å². The third-order valence-corrected chi connectivity index (χ3v) is 3.37. The van der Waals surface area contributed by atoms with E-state index in [4.69, 9.17) is 11.6 Å². The van der Waals surface area contributed by atoms with Crippen LogP contribution in [0.1, 0.15) is 10.4 Å². The second-order valence-corrected chi connectivity index (χ2v) is 5.20. The molecule has 0 bridgehead atoms. The third-order valence-electron chi connectivity index (χ3n) is 3.12. The number of benzene rings is 2. The lowest BCUT2D eigenvalue weighted by atomic mass is 10.2. The Morgan fingerprint density at radius 1 is 0.957 bits per heavy atom. The topological polar surface area (TPSA) is 54.9 Å². The van der Waals surface area contributed by atoms with Gasteiger partial charge < -0.3 is 5.32 Å². The smallest absolute Gasteiger partial charge is 0.258 e. The minimum Gasteiger partial charge on any atom is -0.322 e. The van der Waals surface area contributed by atoms with Crippen LogP contribution in [0.5, 0.6) is 0 Å². The molecule has 0 saturated carbocycles. The minimum atomic E-state index is -0.326. The summed E-state index contributed by atoms with van der Waals surface area (Å²) in [6.07, 6.45) is 2.86. The van der Waals surface area contributed by atoms with Crippen molar-refractivity contribution in [1.29, 1.82) is 0 Å². The average Bonchev–Trinajstić information content (AvgIpc) is 2.58. The molecule has 1 N–H and O–H groups in total. The summed E-state index contributed by atoms with van der Waals surface area (Å²) in [7, 11) is 0. The molecule has 0 saturated heterocycles. The van der Waals surface area contributed by atoms with Gasteiger partial charge in [0.15, 0.2) is 5.82 Å². The number of aromatic nitrogens is 2. The number of hydrogen-bond acceptors (Lipinski definition) is 3. The molecule has 4 nitrogen and oxygen atoms in total. The van der Waals surface area contributed by atoms with E-state index in [2.05, 4.69) is 15.3 Å². The lowest BCUT2D eigenvalue weighted by molar-refractivity contribution is 0.102. The molecule has 0 aliphatic carbocycles. The van der Waals surface area contributed by atoms with E-state index >= 15 is 0 Å². The van der Waals surface area contributed by atoms with Crippen LogP contribution in [0.4, 0.5) is 10.1 Å². The molecule has 0 radical (unpaired) electrons. The van der Waals surface area contributed by atoms with Gasteiger partial charge in [-0.15, -0.1) is 0 Å². The van der Waals surface area contributed by atoms with Gasteiger partial charge in [0.25, 0.3) is 5.91 Å². The molecule has 0 aliphatic heterocycles. The Kier molecular flexibility index (Phi) is 4.30. The zero-order valence-electron chi connectivity index (χ0n) is 11.8. The highest BCUT2D eigenvalue weighted by molar-refractivity contribution is 6.30. The van der Waals surface area contributed by atoms with Crippen molar-refractivity contribution < 1.29 is 9.18 Å². The first-order valence-electron chi connectivity index (χ1n) is 6.77. The lowest BCUT2D eigenvalue weighted by Crippen LogP contribution is -2.12. The monoisotopic (exact) mass is 327 g/mol. The molecule has 114 valence electrons. The number of carbonyl (C=O) groups is 1. The second kappa shape index (κ2) is 6.54. The van der Waals surface area contributed by atoms with E-state index in [1.165, 1.54) is 24.5 Å². The summed E-state index contributed by atoms with van der Waals surface area (Å²) in [6.45, 7) is 0. The van der Waals surface area contributed by atoms with Gasteiger partial charge in [0.2, 0.25) is 0 Å². The molecule has 6 heteroatoms. The van der Waals surface area contributed by atoms with E-state index in [0.717, 1.165) is 0 Å². The Morgan fingerprint density at radius 2 is 1.57 bits per heavy atom. The molecule has 0 fully saturated rings. The fourth-order valence-electron chi connectivity index (χ4n) is 1.93. The summed E-state index contributed by atoms with van der Waals surface area (Å²) >= 11 is 5.79. The maximum absolute atomic E-state index is 12.9. The van der Waals surface area contributed by atoms with Gasteiger partial charge in [-0.25, -0.2) is 14.4 Å². The Hall–Kier alpha value is -2.79. The number of nitrogens with zero attached hydrogens (tertiary/aromatic N) is 2. The third kappa shape index (κ3) is 3.70. The van der Waals surface area contributed by atoms with Crippen LogP contribution in [-0.4, -0.2) is 15.9 Å². The summed E-state index contributed by atoms with van der Waals surface area (Å²) < 4.78 is 12.9. The van der Waals surface area contributed by atoms with Gasteiger partial charge in [-0.05, 0) is 48.5 Å². The largest absolute Gasteiger partial charge is 0.322 e. The van der Waals surface area contributed by atoms with Crippen LogP contribution in [-0.2, 0) is 0 Å². The highest BCUT2D eigenvalue weighted by Gasteiger charge is 2.08. The second-order valence-electron chi connectivity index (χ2n) is 4.76. The minimum absolute atomic E-state index is 0.321. The summed E-state index contributed by atoms with van der Waals surface area (Å²) in [5.74, 6) is -0.223. The number of amides is 1. The van der Waals surface area contributed by atoms with Crippen molar-refractivity contribution in [1.82, 2.24) is 9.97 Å². The molecular formula is C17H11ClFN3O. The fraction of sp³-hybridized carbons (Fsp3) is 0. The summed E-state index contributed by atoms with van der Waals surface area (Å²) in [5.41, 5.74) is 1.63. The summed E-state index contributed by atoms with van der Waals surface area (Å²) in [4.78, 5) is 20.4. The molecule has 0 unspecified atom stereocenters. The van der Waals surface area contributed by atoms with E-state index in [-0.39, 0.29) is 11.7 Å². The molecule has 1 heterocycles. The quantitative estimate of drug-likeness (QED) is 0.784. The van der Waals surface area contributed by atoms with Crippen LogP contribution >= 0.6 is 11.6 Å². The predicted octanol–water partition coefficient (Wildman–Crippen LogP) is 4.19. The molecule has 1 amide bonds. The number of rotatable bonds is 3. The van der Waals surface area contributed by atoms with Crippen LogP contribution in [0.3, 0.4) is 0 Å². The van der Waals surface area contributed by atoms with Crippen LogP contribution in [0, 0.1) is 5.82 Å². The van der Waals surface area contributed by atoms with Gasteiger partial charge in [0.1, 0.15) is 5.82 Å². The zero-order chi connectivity index (χ0) is 16.2. The van der Waals surface area contributed by atoms with Gasteiger partial charge in [0, 0.05) is 28.7 Å². The standard InChI is InChI=1S/C17H11ClFN3O/c18-13-3-7-15(8-4-13)22-17(23)12-9-20-16(21-10-12)11-1-5-14(19)6-2-11/h1-10H,(H,22,23). The summed E-state index contributed by atoms with van der Waals surface area (Å²) in [6, 6.07) is 12.6. The van der Waals surface area contributed by atoms with Crippen LogP contribution in [0.25, 0.3) is 11.4 Å². The Balaban J connectivity index is 1.74. The Morgan fingerprint density at radius 3 is 2.17 bits per heavy atom. The van der Waals surface area contributed by atoms with Gasteiger partial charge in [0.05, 0.1) is 5.56 Å². The molecule has 0 spiro atoms. The molecule has 1 aromatic heterocycles. The fourth-order valence-corrected chi connectivity index (χ4v) is 2.06. The normalized spacial score (nSPS) is 10.3. The van der Waals surface area contributed by atoms with Crippen molar-refractivity contribution in [3.05, 3.63) is 77.3 Å². The van der Waals surface area contributed by atoms with Gasteiger partial charge in [-0.2, -0.15) is 0 Å². The number of nitrogens with one attached hydrogen (secondary N) is 1. The number of anilines is 1. The van der Waals surface area contributed by atoms with E-state index in [1.807, 2.05) is 0 Å². The van der Waals surface area contributed by atoms with Crippen molar-refractivity contribution in [2.75, 3.05) is 5.32 Å². The lowest BCUT2D eigenvalue weighted by Gasteiger charge is -2.05. The first kappa shape index (κ1) is 15.1. The number of carbonyl (C=O) groups excluding carboxylic acids is 1. The summed E-state index contributed by atoms with van der Waals surface area (Å²) in [5, 5.41) is 3.32. The molecule has 0 atom stereocenters. The van der Waals surface area contributed by atoms with Gasteiger partial charge in [-0.3, -0.25) is 4.79 Å². The molecule has 23 heavy (non-hydrogen) atoms. The van der Waals surface area contributed by atoms with E-state index in [0.29, 0.717) is 27.7 Å². The first-order valence-corrected chi connectivity index (χ1v) is 7.14. The van der Waals surface area contributed by atoms with Gasteiger partial charge >= 0.3 is 0 Å². The molecular weight excluding hydrogens is 317 g/mol. The first-order chi connectivity index (χ1) is 11.1. The van der Waals surface area contributed by atoms with Crippen molar-refractivity contribution in [3.8, 4) is 11.4 Å². The highest BCUT2D eigenvalue weighted by Crippen LogP contribution is 2.16. The van der Waals surface area contributed by atoms with Crippen molar-refractivity contribution in [2.45, 2.75) is 0 Å². The number of halogens is 2. The SMILES string of the molecule is O=C(Nc1ccc(Cl)cc1)c1cnc(-c2ccc(F)cc2)nc1. The van der Waals surface area contributed by atoms with E-state index in [1.54, 1.807) is 36.4 Å². The van der Waals surface area contributed by atoms with E-state index in [9.17, 15) is 9.18 Å². The maximum atomic E-state index is 12.9. The number of hydrogen-bond donors (Lipinski definition) is 1. The maximum Gasteiger partial charge on any atom is 0.258 e. The van der Waals surface area contributed by atoms with E-state index < -0.39 is 0 Å². The Labute approximate surface area is 137 Å². The van der Waals surface area contributed by atoms with Crippen LogP contribution in [0.15, 0.2) is 60.9 Å². The van der Waals surface area contributed by atoms with Crippen molar-refractivity contribution in [3.63, 3.8) is 0 Å². The molecule has 2 aromatic carbocycles. The van der Waals surface area contributed by atoms with Crippen molar-refractivity contribution >= 4 is 23.2 Å².